The van der Waals surface area contributed by atoms with Gasteiger partial charge in [-0.1, -0.05) is 13.8 Å². The molecule has 1 nitrogen and oxygen atoms in total. The molecule has 0 aliphatic carbocycles. The second-order valence-electron chi connectivity index (χ2n) is 4.83. The van der Waals surface area contributed by atoms with E-state index in [0.717, 1.165) is 24.5 Å². The van der Waals surface area contributed by atoms with Crippen LogP contribution in [-0.2, 0) is 6.42 Å². The molecule has 0 N–H and O–H groups in total. The third-order valence-electron chi connectivity index (χ3n) is 2.79. The van der Waals surface area contributed by atoms with E-state index in [1.807, 2.05) is 0 Å². The summed E-state index contributed by atoms with van der Waals surface area (Å²) in [5, 5.41) is 0. The first-order valence-electron chi connectivity index (χ1n) is 5.09. The Kier molecular flexibility index (Phi) is 2.41. The van der Waals surface area contributed by atoms with Crippen LogP contribution in [0.15, 0.2) is 12.1 Å². The van der Waals surface area contributed by atoms with Crippen LogP contribution in [0.3, 0.4) is 0 Å². The van der Waals surface area contributed by atoms with Crippen LogP contribution >= 0.6 is 0 Å². The van der Waals surface area contributed by atoms with Crippen molar-refractivity contribution < 1.29 is 13.5 Å². The Hall–Kier alpha value is -1.12. The van der Waals surface area contributed by atoms with Gasteiger partial charge in [-0.05, 0) is 29.9 Å². The number of benzene rings is 1. The number of aryl methyl sites for hydroxylation is 1. The molecular formula is C12H14F2O. The molecule has 0 aromatic heterocycles. The van der Waals surface area contributed by atoms with E-state index in [0.29, 0.717) is 12.4 Å². The number of halogens is 2. The molecule has 15 heavy (non-hydrogen) atoms. The van der Waals surface area contributed by atoms with Crippen LogP contribution in [0.2, 0.25) is 0 Å². The van der Waals surface area contributed by atoms with Crippen LogP contribution in [0.5, 0.6) is 5.75 Å². The average molecular weight is 212 g/mol. The molecule has 0 bridgehead atoms. The smallest absolute Gasteiger partial charge is 0.162 e. The molecular weight excluding hydrogens is 198 g/mol. The van der Waals surface area contributed by atoms with Crippen molar-refractivity contribution in [3.63, 3.8) is 0 Å². The van der Waals surface area contributed by atoms with Gasteiger partial charge in [0.05, 0.1) is 6.61 Å². The van der Waals surface area contributed by atoms with E-state index in [1.54, 1.807) is 0 Å². The molecule has 1 aliphatic rings. The maximum atomic E-state index is 13.0. The Morgan fingerprint density at radius 3 is 2.60 bits per heavy atom. The van der Waals surface area contributed by atoms with E-state index < -0.39 is 11.6 Å². The van der Waals surface area contributed by atoms with Crippen molar-refractivity contribution in [2.75, 3.05) is 6.61 Å². The molecule has 1 heterocycles. The van der Waals surface area contributed by atoms with Gasteiger partial charge in [-0.2, -0.15) is 0 Å². The van der Waals surface area contributed by atoms with E-state index >= 15 is 0 Å². The summed E-state index contributed by atoms with van der Waals surface area (Å²) in [6.07, 6.45) is 1.66. The first-order valence-corrected chi connectivity index (χ1v) is 5.09. The number of hydrogen-bond acceptors (Lipinski definition) is 1. The lowest BCUT2D eigenvalue weighted by Gasteiger charge is -2.20. The summed E-state index contributed by atoms with van der Waals surface area (Å²) < 4.78 is 31.5. The van der Waals surface area contributed by atoms with E-state index in [2.05, 4.69) is 13.8 Å². The number of ether oxygens (including phenoxy) is 1. The van der Waals surface area contributed by atoms with Gasteiger partial charge in [0.1, 0.15) is 5.75 Å². The van der Waals surface area contributed by atoms with Gasteiger partial charge in [0.15, 0.2) is 11.6 Å². The van der Waals surface area contributed by atoms with Gasteiger partial charge in [0.2, 0.25) is 0 Å². The van der Waals surface area contributed by atoms with Gasteiger partial charge >= 0.3 is 0 Å². The first kappa shape index (κ1) is 10.4. The molecule has 1 aliphatic heterocycles. The van der Waals surface area contributed by atoms with Gasteiger partial charge in [0, 0.05) is 6.07 Å². The largest absolute Gasteiger partial charge is 0.493 e. The molecule has 0 saturated heterocycles. The molecule has 0 unspecified atom stereocenters. The van der Waals surface area contributed by atoms with Gasteiger partial charge in [-0.15, -0.1) is 0 Å². The summed E-state index contributed by atoms with van der Waals surface area (Å²) in [7, 11) is 0. The fourth-order valence-corrected chi connectivity index (χ4v) is 1.72. The highest BCUT2D eigenvalue weighted by atomic mass is 19.2. The molecule has 0 fully saturated rings. The second kappa shape index (κ2) is 3.47. The minimum Gasteiger partial charge on any atom is -0.493 e. The summed E-state index contributed by atoms with van der Waals surface area (Å²) in [6, 6.07) is 2.39. The highest BCUT2D eigenvalue weighted by molar-refractivity contribution is 5.35. The van der Waals surface area contributed by atoms with Gasteiger partial charge in [0.25, 0.3) is 0 Å². The average Bonchev–Trinajstić information content (AvgIpc) is 2.29. The summed E-state index contributed by atoms with van der Waals surface area (Å²) in [4.78, 5) is 0. The summed E-state index contributed by atoms with van der Waals surface area (Å²) >= 11 is 0. The van der Waals surface area contributed by atoms with Crippen LogP contribution in [-0.4, -0.2) is 6.61 Å². The zero-order valence-electron chi connectivity index (χ0n) is 8.94. The van der Waals surface area contributed by atoms with Crippen molar-refractivity contribution in [2.45, 2.75) is 26.7 Å². The van der Waals surface area contributed by atoms with Gasteiger partial charge < -0.3 is 4.74 Å². The van der Waals surface area contributed by atoms with Crippen molar-refractivity contribution in [1.29, 1.82) is 0 Å². The minimum absolute atomic E-state index is 0.0615. The third-order valence-corrected chi connectivity index (χ3v) is 2.79. The first-order chi connectivity index (χ1) is 6.98. The Balaban J connectivity index is 2.36. The Labute approximate surface area is 88.1 Å². The molecule has 1 aromatic rings. The highest BCUT2D eigenvalue weighted by Gasteiger charge is 2.24. The molecule has 0 radical (unpaired) electrons. The third kappa shape index (κ3) is 2.11. The Morgan fingerprint density at radius 2 is 1.87 bits per heavy atom. The summed E-state index contributed by atoms with van der Waals surface area (Å²) in [5.74, 6) is -1.15. The van der Waals surface area contributed by atoms with Crippen LogP contribution in [0.1, 0.15) is 25.8 Å². The van der Waals surface area contributed by atoms with E-state index in [-0.39, 0.29) is 5.41 Å². The van der Waals surface area contributed by atoms with Crippen LogP contribution in [0, 0.1) is 17.0 Å². The predicted octanol–water partition coefficient (Wildman–Crippen LogP) is 3.32. The van der Waals surface area contributed by atoms with Crippen molar-refractivity contribution in [3.8, 4) is 5.75 Å². The zero-order chi connectivity index (χ0) is 11.1. The zero-order valence-corrected chi connectivity index (χ0v) is 8.94. The quantitative estimate of drug-likeness (QED) is 0.641. The number of hydrogen-bond donors (Lipinski definition) is 0. The molecule has 2 rings (SSSR count). The van der Waals surface area contributed by atoms with Crippen LogP contribution in [0.25, 0.3) is 0 Å². The Bertz CT molecular complexity index is 350. The fraction of sp³-hybridized carbons (Fsp3) is 0.500. The van der Waals surface area contributed by atoms with Crippen molar-refractivity contribution in [1.82, 2.24) is 0 Å². The summed E-state index contributed by atoms with van der Waals surface area (Å²) in [6.45, 7) is 4.72. The maximum absolute atomic E-state index is 13.0. The molecule has 0 atom stereocenters. The molecule has 3 heteroatoms. The fourth-order valence-electron chi connectivity index (χ4n) is 1.72. The monoisotopic (exact) mass is 212 g/mol. The van der Waals surface area contributed by atoms with E-state index in [4.69, 9.17) is 4.74 Å². The molecule has 0 saturated carbocycles. The number of rotatable bonds is 0. The molecule has 1 aromatic carbocycles. The lowest BCUT2D eigenvalue weighted by Crippen LogP contribution is -2.19. The SMILES string of the molecule is CC1(C)CCc2cc(F)c(F)cc2OC1. The van der Waals surface area contributed by atoms with Crippen LogP contribution < -0.4 is 4.74 Å². The minimum atomic E-state index is -0.839. The van der Waals surface area contributed by atoms with Crippen molar-refractivity contribution >= 4 is 0 Å². The topological polar surface area (TPSA) is 9.23 Å². The van der Waals surface area contributed by atoms with Crippen molar-refractivity contribution in [2.24, 2.45) is 5.41 Å². The molecule has 82 valence electrons. The lowest BCUT2D eigenvalue weighted by molar-refractivity contribution is 0.182. The van der Waals surface area contributed by atoms with E-state index in [1.165, 1.54) is 6.07 Å². The second-order valence-corrected chi connectivity index (χ2v) is 4.83. The van der Waals surface area contributed by atoms with E-state index in [9.17, 15) is 8.78 Å². The Morgan fingerprint density at radius 1 is 1.20 bits per heavy atom. The maximum Gasteiger partial charge on any atom is 0.162 e. The highest BCUT2D eigenvalue weighted by Crippen LogP contribution is 2.33. The van der Waals surface area contributed by atoms with Crippen LogP contribution in [0.4, 0.5) is 8.78 Å². The lowest BCUT2D eigenvalue weighted by atomic mass is 9.88. The molecule has 0 amide bonds. The summed E-state index contributed by atoms with van der Waals surface area (Å²) in [5.41, 5.74) is 0.825. The van der Waals surface area contributed by atoms with Gasteiger partial charge in [-0.3, -0.25) is 0 Å². The van der Waals surface area contributed by atoms with Crippen molar-refractivity contribution in [3.05, 3.63) is 29.3 Å². The molecule has 0 spiro atoms. The van der Waals surface area contributed by atoms with Gasteiger partial charge in [-0.25, -0.2) is 8.78 Å². The standard InChI is InChI=1S/C12H14F2O/c1-12(2)4-3-8-5-9(13)10(14)6-11(8)15-7-12/h5-6H,3-4,7H2,1-2H3. The predicted molar refractivity (Wildman–Crippen MR) is 54.0 cm³/mol. The normalized spacial score (nSPS) is 18.9. The number of fused-ring (bicyclic) bond motifs is 1.